The van der Waals surface area contributed by atoms with Crippen molar-refractivity contribution in [1.82, 2.24) is 5.32 Å². The highest BCUT2D eigenvalue weighted by Crippen LogP contribution is 2.28. The van der Waals surface area contributed by atoms with Crippen LogP contribution in [0.5, 0.6) is 0 Å². The van der Waals surface area contributed by atoms with Crippen molar-refractivity contribution in [3.05, 3.63) is 0 Å². The van der Waals surface area contributed by atoms with E-state index < -0.39 is 0 Å². The average molecular weight is 171 g/mol. The fraction of sp³-hybridized carbons (Fsp3) is 1.00. The molecule has 2 heteroatoms. The molecule has 1 aliphatic rings. The Bertz CT molecular complexity index is 128. The molecule has 1 rings (SSSR count). The molecule has 1 saturated carbocycles. The smallest absolute Gasteiger partial charge is 0.0576 e. The maximum absolute atomic E-state index is 5.59. The molecule has 72 valence electrons. The topological polar surface area (TPSA) is 21.3 Å². The van der Waals surface area contributed by atoms with E-state index in [-0.39, 0.29) is 0 Å². The highest BCUT2D eigenvalue weighted by Gasteiger charge is 2.29. The second-order valence-corrected chi connectivity index (χ2v) is 3.97. The highest BCUT2D eigenvalue weighted by molar-refractivity contribution is 4.88. The summed E-state index contributed by atoms with van der Waals surface area (Å²) < 4.78 is 5.59. The van der Waals surface area contributed by atoms with Gasteiger partial charge in [-0.2, -0.15) is 0 Å². The lowest BCUT2D eigenvalue weighted by molar-refractivity contribution is 0.0185. The van der Waals surface area contributed by atoms with Crippen LogP contribution < -0.4 is 5.32 Å². The molecule has 1 N–H and O–H groups in total. The molecule has 0 saturated heterocycles. The first-order valence-electron chi connectivity index (χ1n) is 5.01. The van der Waals surface area contributed by atoms with Gasteiger partial charge in [0.25, 0.3) is 0 Å². The number of rotatable bonds is 3. The lowest BCUT2D eigenvalue weighted by atomic mass is 9.82. The molecular formula is C10H21NO. The summed E-state index contributed by atoms with van der Waals surface area (Å²) in [4.78, 5) is 0. The predicted molar refractivity (Wildman–Crippen MR) is 51.3 cm³/mol. The fourth-order valence-corrected chi connectivity index (χ4v) is 1.88. The Labute approximate surface area is 75.7 Å². The Kier molecular flexibility index (Phi) is 3.53. The van der Waals surface area contributed by atoms with Gasteiger partial charge in [0.2, 0.25) is 0 Å². The number of nitrogens with one attached hydrogen (secondary N) is 1. The van der Waals surface area contributed by atoms with Gasteiger partial charge >= 0.3 is 0 Å². The van der Waals surface area contributed by atoms with E-state index in [1.807, 2.05) is 0 Å². The predicted octanol–water partition coefficient (Wildman–Crippen LogP) is 1.94. The lowest BCUT2D eigenvalue weighted by Crippen LogP contribution is -2.44. The van der Waals surface area contributed by atoms with Gasteiger partial charge in [-0.15, -0.1) is 0 Å². The van der Waals surface area contributed by atoms with Crippen LogP contribution in [0.3, 0.4) is 0 Å². The first kappa shape index (κ1) is 10.0. The van der Waals surface area contributed by atoms with Gasteiger partial charge in [-0.25, -0.2) is 0 Å². The Morgan fingerprint density at radius 1 is 1.42 bits per heavy atom. The van der Waals surface area contributed by atoms with Crippen LogP contribution >= 0.6 is 0 Å². The van der Waals surface area contributed by atoms with Gasteiger partial charge < -0.3 is 10.1 Å². The molecule has 0 amide bonds. The highest BCUT2D eigenvalue weighted by atomic mass is 16.5. The molecule has 12 heavy (non-hydrogen) atoms. The lowest BCUT2D eigenvalue weighted by Gasteiger charge is -2.36. The molecule has 0 radical (unpaired) electrons. The van der Waals surface area contributed by atoms with Crippen LogP contribution in [-0.2, 0) is 4.74 Å². The van der Waals surface area contributed by atoms with Crippen molar-refractivity contribution >= 4 is 0 Å². The van der Waals surface area contributed by atoms with E-state index in [1.165, 1.54) is 25.7 Å². The van der Waals surface area contributed by atoms with Crippen molar-refractivity contribution in [2.45, 2.75) is 51.2 Å². The van der Waals surface area contributed by atoms with E-state index in [1.54, 1.807) is 0 Å². The van der Waals surface area contributed by atoms with E-state index in [2.05, 4.69) is 26.2 Å². The summed E-state index contributed by atoms with van der Waals surface area (Å²) in [7, 11) is 2.06. The Hall–Kier alpha value is -0.0800. The molecule has 0 atom stereocenters. The second-order valence-electron chi connectivity index (χ2n) is 3.97. The molecule has 1 fully saturated rings. The average Bonchev–Trinajstić information content (AvgIpc) is 2.10. The van der Waals surface area contributed by atoms with E-state index in [0.29, 0.717) is 11.6 Å². The normalized spacial score (nSPS) is 36.8. The van der Waals surface area contributed by atoms with Crippen LogP contribution in [0.1, 0.15) is 39.5 Å². The van der Waals surface area contributed by atoms with Crippen LogP contribution in [0.4, 0.5) is 0 Å². The molecule has 0 aliphatic heterocycles. The van der Waals surface area contributed by atoms with Crippen molar-refractivity contribution in [3.63, 3.8) is 0 Å². The number of ether oxygens (including phenoxy) is 1. The number of hydrogen-bond donors (Lipinski definition) is 1. The van der Waals surface area contributed by atoms with Crippen molar-refractivity contribution < 1.29 is 4.74 Å². The van der Waals surface area contributed by atoms with Crippen LogP contribution in [0.25, 0.3) is 0 Å². The maximum atomic E-state index is 5.59. The Balaban J connectivity index is 2.29. The third-order valence-corrected chi connectivity index (χ3v) is 3.04. The van der Waals surface area contributed by atoms with Crippen LogP contribution in [0.15, 0.2) is 0 Å². The summed E-state index contributed by atoms with van der Waals surface area (Å²) >= 11 is 0. The molecule has 0 aromatic rings. The minimum Gasteiger partial charge on any atom is -0.379 e. The molecule has 1 aliphatic carbocycles. The SMILES string of the molecule is CCOC1CCC(C)(NC)CC1. The third kappa shape index (κ3) is 2.46. The van der Waals surface area contributed by atoms with Gasteiger partial charge in [0, 0.05) is 12.1 Å². The molecule has 0 unspecified atom stereocenters. The molecule has 0 aromatic heterocycles. The molecule has 0 aromatic carbocycles. The van der Waals surface area contributed by atoms with Crippen LogP contribution in [-0.4, -0.2) is 25.3 Å². The van der Waals surface area contributed by atoms with Crippen LogP contribution in [0.2, 0.25) is 0 Å². The standard InChI is InChI=1S/C10H21NO/c1-4-12-9-5-7-10(2,11-3)8-6-9/h9,11H,4-8H2,1-3H3. The molecular weight excluding hydrogens is 150 g/mol. The van der Waals surface area contributed by atoms with Crippen molar-refractivity contribution in [1.29, 1.82) is 0 Å². The summed E-state index contributed by atoms with van der Waals surface area (Å²) in [6.07, 6.45) is 5.44. The summed E-state index contributed by atoms with van der Waals surface area (Å²) in [5.41, 5.74) is 0.369. The quantitative estimate of drug-likeness (QED) is 0.700. The minimum absolute atomic E-state index is 0.369. The Morgan fingerprint density at radius 3 is 2.42 bits per heavy atom. The number of hydrogen-bond acceptors (Lipinski definition) is 2. The first-order chi connectivity index (χ1) is 5.70. The van der Waals surface area contributed by atoms with Gasteiger partial charge in [-0.3, -0.25) is 0 Å². The minimum atomic E-state index is 0.369. The van der Waals surface area contributed by atoms with E-state index in [9.17, 15) is 0 Å². The second kappa shape index (κ2) is 4.24. The zero-order chi connectivity index (χ0) is 9.03. The summed E-state index contributed by atoms with van der Waals surface area (Å²) in [5, 5.41) is 3.39. The van der Waals surface area contributed by atoms with Crippen molar-refractivity contribution in [3.8, 4) is 0 Å². The first-order valence-corrected chi connectivity index (χ1v) is 5.01. The van der Waals surface area contributed by atoms with E-state index in [4.69, 9.17) is 4.74 Å². The molecule has 0 heterocycles. The van der Waals surface area contributed by atoms with Crippen LogP contribution in [0, 0.1) is 0 Å². The summed E-state index contributed by atoms with van der Waals surface area (Å²) in [6, 6.07) is 0. The van der Waals surface area contributed by atoms with E-state index >= 15 is 0 Å². The maximum Gasteiger partial charge on any atom is 0.0576 e. The zero-order valence-electron chi connectivity index (χ0n) is 8.52. The van der Waals surface area contributed by atoms with Gasteiger partial charge in [0.15, 0.2) is 0 Å². The third-order valence-electron chi connectivity index (χ3n) is 3.04. The molecule has 0 bridgehead atoms. The van der Waals surface area contributed by atoms with Gasteiger partial charge in [-0.05, 0) is 46.6 Å². The summed E-state index contributed by atoms with van der Waals surface area (Å²) in [5.74, 6) is 0. The van der Waals surface area contributed by atoms with Gasteiger partial charge in [-0.1, -0.05) is 0 Å². The van der Waals surface area contributed by atoms with Gasteiger partial charge in [0.1, 0.15) is 0 Å². The Morgan fingerprint density at radius 2 is 2.00 bits per heavy atom. The van der Waals surface area contributed by atoms with Crippen molar-refractivity contribution in [2.24, 2.45) is 0 Å². The van der Waals surface area contributed by atoms with Crippen molar-refractivity contribution in [2.75, 3.05) is 13.7 Å². The summed E-state index contributed by atoms with van der Waals surface area (Å²) in [6.45, 7) is 5.24. The van der Waals surface area contributed by atoms with E-state index in [0.717, 1.165) is 6.61 Å². The zero-order valence-corrected chi connectivity index (χ0v) is 8.52. The molecule has 2 nitrogen and oxygen atoms in total. The molecule has 0 spiro atoms. The van der Waals surface area contributed by atoms with Gasteiger partial charge in [0.05, 0.1) is 6.10 Å². The fourth-order valence-electron chi connectivity index (χ4n) is 1.88. The largest absolute Gasteiger partial charge is 0.379 e. The monoisotopic (exact) mass is 171 g/mol.